The summed E-state index contributed by atoms with van der Waals surface area (Å²) in [4.78, 5) is 31.2. The minimum absolute atomic E-state index is 0.00865. The summed E-state index contributed by atoms with van der Waals surface area (Å²) < 4.78 is 40.2. The fourth-order valence-electron chi connectivity index (χ4n) is 4.56. The number of hydrogen-bond acceptors (Lipinski definition) is 6. The fraction of sp³-hybridized carbons (Fsp3) is 0.462. The zero-order valence-corrected chi connectivity index (χ0v) is 21.6. The van der Waals surface area contributed by atoms with Gasteiger partial charge in [0.05, 0.1) is 23.5 Å². The third-order valence-electron chi connectivity index (χ3n) is 6.52. The van der Waals surface area contributed by atoms with Crippen molar-refractivity contribution in [1.29, 1.82) is 0 Å². The van der Waals surface area contributed by atoms with Crippen molar-refractivity contribution >= 4 is 35.0 Å². The molecule has 0 saturated carbocycles. The molecule has 2 N–H and O–H groups in total. The first-order chi connectivity index (χ1) is 17.7. The maximum Gasteiger partial charge on any atom is 0.416 e. The molecule has 7 nitrogen and oxygen atoms in total. The molecule has 0 spiro atoms. The molecule has 0 bridgehead atoms. The predicted molar refractivity (Wildman–Crippen MR) is 138 cm³/mol. The molecule has 2 amide bonds. The van der Waals surface area contributed by atoms with Crippen molar-refractivity contribution in [1.82, 2.24) is 20.4 Å². The number of para-hydroxylation sites is 1. The number of hydrogen-bond donors (Lipinski definition) is 2. The van der Waals surface area contributed by atoms with E-state index in [2.05, 4.69) is 20.4 Å². The summed E-state index contributed by atoms with van der Waals surface area (Å²) in [6, 6.07) is 11.9. The molecule has 1 fully saturated rings. The lowest BCUT2D eigenvalue weighted by Gasteiger charge is -2.36. The van der Waals surface area contributed by atoms with Crippen LogP contribution in [0.15, 0.2) is 52.3 Å². The Balaban J connectivity index is 1.27. The van der Waals surface area contributed by atoms with E-state index in [1.807, 2.05) is 29.2 Å². The number of halogens is 3. The predicted octanol–water partition coefficient (Wildman–Crippen LogP) is 3.57. The molecular formula is C26H32F3N5O2S. The first kappa shape index (κ1) is 27.3. The number of rotatable bonds is 9. The van der Waals surface area contributed by atoms with Gasteiger partial charge in [0, 0.05) is 62.5 Å². The van der Waals surface area contributed by atoms with E-state index in [1.165, 1.54) is 24.8 Å². The van der Waals surface area contributed by atoms with Crippen molar-refractivity contribution in [2.24, 2.45) is 0 Å². The standard InChI is InChI=1S/C26H32F3N5O2S/c1-19(35)31-18-25(36)30-9-12-33-15-13-32(14-16-33)10-4-11-34-21-5-2-3-6-23(21)37-24-8-7-20(17-22(24)34)26(27,28)29/h2-3,5-8,17H,4,9-16,18H2,1H3,(H,30,36)(H,31,35). The van der Waals surface area contributed by atoms with Crippen LogP contribution in [0.25, 0.3) is 0 Å². The number of alkyl halides is 3. The molecule has 0 aromatic heterocycles. The highest BCUT2D eigenvalue weighted by atomic mass is 32.2. The molecule has 200 valence electrons. The lowest BCUT2D eigenvalue weighted by atomic mass is 10.1. The molecule has 0 aliphatic carbocycles. The van der Waals surface area contributed by atoms with Crippen LogP contribution in [0.1, 0.15) is 18.9 Å². The Labute approximate surface area is 219 Å². The maximum atomic E-state index is 13.4. The van der Waals surface area contributed by atoms with Crippen LogP contribution in [0, 0.1) is 0 Å². The van der Waals surface area contributed by atoms with E-state index >= 15 is 0 Å². The van der Waals surface area contributed by atoms with Gasteiger partial charge < -0.3 is 20.4 Å². The molecule has 2 aromatic carbocycles. The first-order valence-electron chi connectivity index (χ1n) is 12.4. The van der Waals surface area contributed by atoms with Gasteiger partial charge in [0.25, 0.3) is 0 Å². The minimum atomic E-state index is -4.38. The number of carbonyl (C=O) groups is 2. The summed E-state index contributed by atoms with van der Waals surface area (Å²) in [6.07, 6.45) is -3.55. The van der Waals surface area contributed by atoms with Crippen LogP contribution in [-0.2, 0) is 15.8 Å². The Kier molecular flexibility index (Phi) is 8.99. The SMILES string of the molecule is CC(=O)NCC(=O)NCCN1CCN(CCCN2c3ccccc3Sc3ccc(C(F)(F)F)cc32)CC1. The van der Waals surface area contributed by atoms with Crippen LogP contribution in [0.5, 0.6) is 0 Å². The summed E-state index contributed by atoms with van der Waals surface area (Å²) in [5.74, 6) is -0.430. The lowest BCUT2D eigenvalue weighted by Crippen LogP contribution is -2.49. The average molecular weight is 536 g/mol. The Morgan fingerprint density at radius 3 is 2.27 bits per heavy atom. The van der Waals surface area contributed by atoms with E-state index in [0.717, 1.165) is 67.2 Å². The highest BCUT2D eigenvalue weighted by Crippen LogP contribution is 2.49. The van der Waals surface area contributed by atoms with Gasteiger partial charge in [-0.1, -0.05) is 23.9 Å². The summed E-state index contributed by atoms with van der Waals surface area (Å²) in [7, 11) is 0. The highest BCUT2D eigenvalue weighted by Gasteiger charge is 2.33. The molecule has 2 aliphatic rings. The Morgan fingerprint density at radius 1 is 0.892 bits per heavy atom. The number of amides is 2. The summed E-state index contributed by atoms with van der Waals surface area (Å²) >= 11 is 1.51. The molecule has 2 aliphatic heterocycles. The van der Waals surface area contributed by atoms with E-state index in [1.54, 1.807) is 6.07 Å². The minimum Gasteiger partial charge on any atom is -0.353 e. The van der Waals surface area contributed by atoms with Crippen LogP contribution in [0.2, 0.25) is 0 Å². The Bertz CT molecular complexity index is 1110. The van der Waals surface area contributed by atoms with E-state index in [9.17, 15) is 22.8 Å². The quantitative estimate of drug-likeness (QED) is 0.512. The van der Waals surface area contributed by atoms with Gasteiger partial charge in [0.2, 0.25) is 11.8 Å². The summed E-state index contributed by atoms with van der Waals surface area (Å²) in [6.45, 7) is 7.73. The van der Waals surface area contributed by atoms with Crippen molar-refractivity contribution < 1.29 is 22.8 Å². The number of nitrogens with zero attached hydrogens (tertiary/aromatic N) is 3. The van der Waals surface area contributed by atoms with Crippen molar-refractivity contribution in [3.63, 3.8) is 0 Å². The molecule has 4 rings (SSSR count). The normalized spacial score (nSPS) is 16.2. The van der Waals surface area contributed by atoms with Gasteiger partial charge in [-0.3, -0.25) is 14.5 Å². The second-order valence-electron chi connectivity index (χ2n) is 9.20. The van der Waals surface area contributed by atoms with Gasteiger partial charge in [-0.25, -0.2) is 0 Å². The van der Waals surface area contributed by atoms with Gasteiger partial charge in [0.15, 0.2) is 0 Å². The lowest BCUT2D eigenvalue weighted by molar-refractivity contribution is -0.137. The molecule has 0 radical (unpaired) electrons. The molecule has 0 unspecified atom stereocenters. The van der Waals surface area contributed by atoms with E-state index in [0.29, 0.717) is 18.8 Å². The first-order valence-corrected chi connectivity index (χ1v) is 13.2. The van der Waals surface area contributed by atoms with Crippen LogP contribution in [0.3, 0.4) is 0 Å². The number of nitrogens with one attached hydrogen (secondary N) is 2. The Morgan fingerprint density at radius 2 is 1.57 bits per heavy atom. The maximum absolute atomic E-state index is 13.4. The largest absolute Gasteiger partial charge is 0.416 e. The van der Waals surface area contributed by atoms with E-state index in [4.69, 9.17) is 0 Å². The summed E-state index contributed by atoms with van der Waals surface area (Å²) in [5.41, 5.74) is 0.937. The topological polar surface area (TPSA) is 67.9 Å². The number of fused-ring (bicyclic) bond motifs is 2. The monoisotopic (exact) mass is 535 g/mol. The van der Waals surface area contributed by atoms with Crippen LogP contribution in [0.4, 0.5) is 24.5 Å². The van der Waals surface area contributed by atoms with E-state index < -0.39 is 11.7 Å². The highest BCUT2D eigenvalue weighted by molar-refractivity contribution is 7.99. The van der Waals surface area contributed by atoms with Crippen molar-refractivity contribution in [2.45, 2.75) is 29.3 Å². The average Bonchev–Trinajstić information content (AvgIpc) is 2.87. The van der Waals surface area contributed by atoms with Gasteiger partial charge >= 0.3 is 6.18 Å². The molecular weight excluding hydrogens is 503 g/mol. The second kappa shape index (κ2) is 12.2. The van der Waals surface area contributed by atoms with Gasteiger partial charge in [-0.2, -0.15) is 13.2 Å². The molecule has 11 heteroatoms. The molecule has 2 heterocycles. The van der Waals surface area contributed by atoms with Crippen LogP contribution in [-0.4, -0.2) is 80.5 Å². The summed E-state index contributed by atoms with van der Waals surface area (Å²) in [5, 5.41) is 5.29. The number of carbonyl (C=O) groups excluding carboxylic acids is 2. The zero-order valence-electron chi connectivity index (χ0n) is 20.8. The molecule has 0 atom stereocenters. The van der Waals surface area contributed by atoms with Crippen molar-refractivity contribution in [3.8, 4) is 0 Å². The number of benzene rings is 2. The molecule has 2 aromatic rings. The Hall–Kier alpha value is -2.76. The zero-order chi connectivity index (χ0) is 26.4. The second-order valence-corrected chi connectivity index (χ2v) is 10.3. The number of anilines is 2. The molecule has 37 heavy (non-hydrogen) atoms. The molecule has 1 saturated heterocycles. The van der Waals surface area contributed by atoms with E-state index in [-0.39, 0.29) is 18.4 Å². The van der Waals surface area contributed by atoms with Gasteiger partial charge in [-0.15, -0.1) is 0 Å². The van der Waals surface area contributed by atoms with Crippen LogP contribution < -0.4 is 15.5 Å². The third-order valence-corrected chi connectivity index (χ3v) is 7.65. The van der Waals surface area contributed by atoms with Crippen molar-refractivity contribution in [2.75, 3.05) is 63.8 Å². The van der Waals surface area contributed by atoms with Gasteiger partial charge in [-0.05, 0) is 43.3 Å². The van der Waals surface area contributed by atoms with Crippen molar-refractivity contribution in [3.05, 3.63) is 48.0 Å². The van der Waals surface area contributed by atoms with Gasteiger partial charge in [0.1, 0.15) is 0 Å². The third kappa shape index (κ3) is 7.39. The smallest absolute Gasteiger partial charge is 0.353 e. The fourth-order valence-corrected chi connectivity index (χ4v) is 5.63. The van der Waals surface area contributed by atoms with Crippen LogP contribution >= 0.6 is 11.8 Å². The number of piperazine rings is 1.